The fraction of sp³-hybridized carbons (Fsp3) is 0.455. The Bertz CT molecular complexity index is 419. The van der Waals surface area contributed by atoms with E-state index in [4.69, 9.17) is 0 Å². The van der Waals surface area contributed by atoms with Crippen LogP contribution in [0.1, 0.15) is 17.9 Å². The lowest BCUT2D eigenvalue weighted by atomic mass is 10.2. The largest absolute Gasteiger partial charge is 0.357 e. The molecule has 0 spiro atoms. The van der Waals surface area contributed by atoms with Crippen LogP contribution < -0.4 is 5.32 Å². The van der Waals surface area contributed by atoms with Crippen LogP contribution >= 0.6 is 23.1 Å². The van der Waals surface area contributed by atoms with E-state index in [1.165, 1.54) is 0 Å². The van der Waals surface area contributed by atoms with E-state index < -0.39 is 6.04 Å². The summed E-state index contributed by atoms with van der Waals surface area (Å²) < 4.78 is 0. The predicted octanol–water partition coefficient (Wildman–Crippen LogP) is 1.46. The molecule has 0 aliphatic carbocycles. The number of thioether (sulfide) groups is 1. The third-order valence-corrected chi connectivity index (χ3v) is 4.71. The minimum Gasteiger partial charge on any atom is -0.357 e. The summed E-state index contributed by atoms with van der Waals surface area (Å²) >= 11 is 3.18. The summed E-state index contributed by atoms with van der Waals surface area (Å²) in [4.78, 5) is 25.2. The Morgan fingerprint density at radius 1 is 1.65 bits per heavy atom. The number of carbonyl (C=O) groups excluding carboxylic acids is 2. The van der Waals surface area contributed by atoms with Crippen molar-refractivity contribution in [1.82, 2.24) is 10.2 Å². The van der Waals surface area contributed by atoms with Gasteiger partial charge in [0.1, 0.15) is 11.4 Å². The van der Waals surface area contributed by atoms with Gasteiger partial charge in [0.05, 0.1) is 5.75 Å². The fourth-order valence-electron chi connectivity index (χ4n) is 1.86. The number of nitrogens with zero attached hydrogens (tertiary/aromatic N) is 1. The van der Waals surface area contributed by atoms with Gasteiger partial charge in [0.15, 0.2) is 0 Å². The number of carbonyl (C=O) groups is 2. The normalized spacial score (nSPS) is 21.6. The number of thiophene rings is 1. The highest BCUT2D eigenvalue weighted by atomic mass is 32.2. The zero-order valence-corrected chi connectivity index (χ0v) is 11.3. The summed E-state index contributed by atoms with van der Waals surface area (Å²) in [5, 5.41) is 6.58. The highest BCUT2D eigenvalue weighted by Gasteiger charge is 2.38. The number of nitrogens with one attached hydrogen (secondary N) is 1. The van der Waals surface area contributed by atoms with Crippen LogP contribution in [0.4, 0.5) is 0 Å². The molecule has 2 atom stereocenters. The van der Waals surface area contributed by atoms with Crippen molar-refractivity contribution in [1.29, 1.82) is 0 Å². The Balaban J connectivity index is 2.23. The van der Waals surface area contributed by atoms with Crippen LogP contribution in [0.5, 0.6) is 0 Å². The van der Waals surface area contributed by atoms with Crippen LogP contribution in [0.25, 0.3) is 0 Å². The number of likely N-dealkylation sites (N-methyl/N-ethyl adjacent to an activating group) is 1. The Morgan fingerprint density at radius 3 is 3.00 bits per heavy atom. The van der Waals surface area contributed by atoms with E-state index in [-0.39, 0.29) is 17.2 Å². The van der Waals surface area contributed by atoms with Crippen molar-refractivity contribution in [2.45, 2.75) is 18.3 Å². The van der Waals surface area contributed by atoms with Crippen molar-refractivity contribution in [2.24, 2.45) is 0 Å². The maximum atomic E-state index is 11.9. The second-order valence-corrected chi connectivity index (χ2v) is 5.66. The lowest BCUT2D eigenvalue weighted by Gasteiger charge is -2.28. The lowest BCUT2D eigenvalue weighted by Crippen LogP contribution is -2.45. The molecule has 0 saturated carbocycles. The van der Waals surface area contributed by atoms with Crippen molar-refractivity contribution in [3.05, 3.63) is 22.4 Å². The monoisotopic (exact) mass is 270 g/mol. The number of amides is 2. The van der Waals surface area contributed by atoms with E-state index in [9.17, 15) is 9.59 Å². The molecule has 4 nitrogen and oxygen atoms in total. The smallest absolute Gasteiger partial charge is 0.242 e. The highest BCUT2D eigenvalue weighted by molar-refractivity contribution is 8.00. The Labute approximate surface area is 108 Å². The molecule has 2 amide bonds. The molecule has 2 unspecified atom stereocenters. The van der Waals surface area contributed by atoms with Crippen LogP contribution in [-0.2, 0) is 9.59 Å². The lowest BCUT2D eigenvalue weighted by molar-refractivity contribution is -0.137. The van der Waals surface area contributed by atoms with E-state index in [1.54, 1.807) is 42.0 Å². The first-order valence-electron chi connectivity index (χ1n) is 5.31. The van der Waals surface area contributed by atoms with E-state index >= 15 is 0 Å². The molecule has 1 N–H and O–H groups in total. The zero-order chi connectivity index (χ0) is 12.4. The maximum Gasteiger partial charge on any atom is 0.242 e. The molecule has 1 aliphatic rings. The molecular formula is C11H14N2O2S2. The summed E-state index contributed by atoms with van der Waals surface area (Å²) in [6, 6.07) is 1.58. The fourth-order valence-corrected chi connectivity index (χ4v) is 3.88. The number of hydrogen-bond donors (Lipinski definition) is 1. The third-order valence-electron chi connectivity index (χ3n) is 2.78. The van der Waals surface area contributed by atoms with Gasteiger partial charge in [0, 0.05) is 7.05 Å². The summed E-state index contributed by atoms with van der Waals surface area (Å²) in [6.07, 6.45) is 0. The second-order valence-electron chi connectivity index (χ2n) is 3.81. The topological polar surface area (TPSA) is 49.4 Å². The molecule has 1 aliphatic heterocycles. The summed E-state index contributed by atoms with van der Waals surface area (Å²) in [6.45, 7) is 1.77. The molecule has 1 saturated heterocycles. The average molecular weight is 270 g/mol. The van der Waals surface area contributed by atoms with Gasteiger partial charge in [-0.05, 0) is 29.3 Å². The van der Waals surface area contributed by atoms with Gasteiger partial charge in [-0.3, -0.25) is 9.59 Å². The van der Waals surface area contributed by atoms with Crippen LogP contribution in [0.15, 0.2) is 16.8 Å². The summed E-state index contributed by atoms with van der Waals surface area (Å²) in [5.41, 5.74) is 1.10. The van der Waals surface area contributed by atoms with Gasteiger partial charge >= 0.3 is 0 Å². The SMILES string of the molecule is CNC(=O)C(C)N1C(=O)CSC1c1ccsc1. The van der Waals surface area contributed by atoms with Gasteiger partial charge in [-0.2, -0.15) is 11.3 Å². The molecule has 1 aromatic heterocycles. The minimum atomic E-state index is -0.424. The highest BCUT2D eigenvalue weighted by Crippen LogP contribution is 2.40. The van der Waals surface area contributed by atoms with E-state index in [1.807, 2.05) is 16.8 Å². The first-order chi connectivity index (χ1) is 8.15. The van der Waals surface area contributed by atoms with Gasteiger partial charge in [0.2, 0.25) is 11.8 Å². The van der Waals surface area contributed by atoms with Crippen LogP contribution in [0, 0.1) is 0 Å². The molecule has 0 bridgehead atoms. The molecule has 92 valence electrons. The van der Waals surface area contributed by atoms with Gasteiger partial charge in [-0.1, -0.05) is 0 Å². The van der Waals surface area contributed by atoms with Gasteiger partial charge < -0.3 is 10.2 Å². The van der Waals surface area contributed by atoms with Crippen molar-refractivity contribution < 1.29 is 9.59 Å². The maximum absolute atomic E-state index is 11.9. The van der Waals surface area contributed by atoms with Crippen molar-refractivity contribution >= 4 is 34.9 Å². The number of hydrogen-bond acceptors (Lipinski definition) is 4. The molecule has 1 fully saturated rings. The van der Waals surface area contributed by atoms with E-state index in [0.29, 0.717) is 5.75 Å². The first-order valence-corrected chi connectivity index (χ1v) is 7.30. The summed E-state index contributed by atoms with van der Waals surface area (Å²) in [7, 11) is 1.59. The molecule has 1 aromatic rings. The molecule has 17 heavy (non-hydrogen) atoms. The van der Waals surface area contributed by atoms with E-state index in [2.05, 4.69) is 5.32 Å². The van der Waals surface area contributed by atoms with Crippen LogP contribution in [0.2, 0.25) is 0 Å². The summed E-state index contributed by atoms with van der Waals surface area (Å²) in [5.74, 6) is 0.352. The third kappa shape index (κ3) is 2.32. The molecule has 2 rings (SSSR count). The van der Waals surface area contributed by atoms with Crippen molar-refractivity contribution in [3.8, 4) is 0 Å². The Hall–Kier alpha value is -1.01. The molecule has 6 heteroatoms. The van der Waals surface area contributed by atoms with Gasteiger partial charge in [0.25, 0.3) is 0 Å². The Kier molecular flexibility index (Phi) is 3.73. The Morgan fingerprint density at radius 2 is 2.41 bits per heavy atom. The molecular weight excluding hydrogens is 256 g/mol. The molecule has 0 aromatic carbocycles. The predicted molar refractivity (Wildman–Crippen MR) is 69.9 cm³/mol. The average Bonchev–Trinajstić information content (AvgIpc) is 2.95. The van der Waals surface area contributed by atoms with Crippen LogP contribution in [-0.4, -0.2) is 35.6 Å². The first kappa shape index (κ1) is 12.4. The van der Waals surface area contributed by atoms with Crippen LogP contribution in [0.3, 0.4) is 0 Å². The van der Waals surface area contributed by atoms with Gasteiger partial charge in [-0.15, -0.1) is 11.8 Å². The number of rotatable bonds is 3. The standard InChI is InChI=1S/C11H14N2O2S2/c1-7(10(15)12-2)13-9(14)6-17-11(13)8-3-4-16-5-8/h3-5,7,11H,6H2,1-2H3,(H,12,15). The van der Waals surface area contributed by atoms with Crippen molar-refractivity contribution in [3.63, 3.8) is 0 Å². The minimum absolute atomic E-state index is 0.0268. The molecule has 2 heterocycles. The second kappa shape index (κ2) is 5.10. The zero-order valence-electron chi connectivity index (χ0n) is 9.67. The van der Waals surface area contributed by atoms with Crippen molar-refractivity contribution in [2.75, 3.05) is 12.8 Å². The quantitative estimate of drug-likeness (QED) is 0.904. The molecule has 0 radical (unpaired) electrons. The van der Waals surface area contributed by atoms with E-state index in [0.717, 1.165) is 5.56 Å². The van der Waals surface area contributed by atoms with Gasteiger partial charge in [-0.25, -0.2) is 0 Å².